The molecule has 0 bridgehead atoms. The molecule has 1 amide bonds. The first-order valence-electron chi connectivity index (χ1n) is 10.4. The summed E-state index contributed by atoms with van der Waals surface area (Å²) in [7, 11) is 0. The summed E-state index contributed by atoms with van der Waals surface area (Å²) in [6.07, 6.45) is 0. The highest BCUT2D eigenvalue weighted by Crippen LogP contribution is 2.30. The van der Waals surface area contributed by atoms with Gasteiger partial charge in [-0.3, -0.25) is 14.9 Å². The van der Waals surface area contributed by atoms with Crippen LogP contribution in [0.25, 0.3) is 5.69 Å². The Kier molecular flexibility index (Phi) is 5.88. The molecule has 1 saturated heterocycles. The van der Waals surface area contributed by atoms with Crippen LogP contribution < -0.4 is 4.90 Å². The number of hydrogen-bond donors (Lipinski definition) is 0. The molecule has 166 valence electrons. The molecule has 0 aliphatic carbocycles. The predicted octanol–water partition coefficient (Wildman–Crippen LogP) is 4.32. The number of carbonyl (C=O) groups excluding carboxylic acids is 1. The largest absolute Gasteiger partial charge is 0.368 e. The van der Waals surface area contributed by atoms with Gasteiger partial charge < -0.3 is 9.80 Å². The summed E-state index contributed by atoms with van der Waals surface area (Å²) in [5.74, 6) is -0.0430. The number of aryl methyl sites for hydroxylation is 3. The fourth-order valence-electron chi connectivity index (χ4n) is 3.98. The van der Waals surface area contributed by atoms with E-state index in [0.717, 1.165) is 22.6 Å². The minimum absolute atomic E-state index is 0.00464. The van der Waals surface area contributed by atoms with Crippen molar-refractivity contribution in [1.82, 2.24) is 14.7 Å². The Morgan fingerprint density at radius 3 is 2.34 bits per heavy atom. The van der Waals surface area contributed by atoms with Crippen molar-refractivity contribution in [1.29, 1.82) is 0 Å². The van der Waals surface area contributed by atoms with E-state index in [9.17, 15) is 14.9 Å². The highest BCUT2D eigenvalue weighted by molar-refractivity contribution is 6.31. The third kappa shape index (κ3) is 4.18. The normalized spacial score (nSPS) is 14.0. The summed E-state index contributed by atoms with van der Waals surface area (Å²) in [5.41, 5.74) is 4.45. The average Bonchev–Trinajstić information content (AvgIpc) is 3.12. The molecule has 1 aliphatic rings. The van der Waals surface area contributed by atoms with E-state index in [1.807, 2.05) is 37.8 Å². The van der Waals surface area contributed by atoms with Gasteiger partial charge in [-0.2, -0.15) is 5.10 Å². The lowest BCUT2D eigenvalue weighted by molar-refractivity contribution is -0.384. The maximum Gasteiger partial charge on any atom is 0.295 e. The first kappa shape index (κ1) is 21.8. The third-order valence-electron chi connectivity index (χ3n) is 5.74. The summed E-state index contributed by atoms with van der Waals surface area (Å²) < 4.78 is 1.61. The lowest BCUT2D eigenvalue weighted by Crippen LogP contribution is -2.48. The molecular weight excluding hydrogens is 430 g/mol. The molecule has 0 unspecified atom stereocenters. The smallest absolute Gasteiger partial charge is 0.295 e. The summed E-state index contributed by atoms with van der Waals surface area (Å²) in [4.78, 5) is 28.0. The number of hydrogen-bond acceptors (Lipinski definition) is 5. The Morgan fingerprint density at radius 1 is 1.03 bits per heavy atom. The van der Waals surface area contributed by atoms with Crippen molar-refractivity contribution in [3.8, 4) is 5.69 Å². The number of amides is 1. The van der Waals surface area contributed by atoms with Crippen LogP contribution in [0, 0.1) is 30.9 Å². The van der Waals surface area contributed by atoms with Crippen molar-refractivity contribution in [3.05, 3.63) is 80.1 Å². The minimum atomic E-state index is -0.390. The van der Waals surface area contributed by atoms with Crippen molar-refractivity contribution in [3.63, 3.8) is 0 Å². The second-order valence-electron chi connectivity index (χ2n) is 8.01. The SMILES string of the molecule is Cc1cc(C)n(-c2cc(N3CCN(C(=O)c4ccc(C)c(Cl)c4)CC3)ccc2[N+](=O)[O-])n1. The van der Waals surface area contributed by atoms with Crippen molar-refractivity contribution < 1.29 is 9.72 Å². The fourth-order valence-corrected chi connectivity index (χ4v) is 4.16. The molecular formula is C23H24ClN5O3. The number of aromatic nitrogens is 2. The molecule has 2 heterocycles. The highest BCUT2D eigenvalue weighted by Gasteiger charge is 2.25. The van der Waals surface area contributed by atoms with Crippen LogP contribution in [-0.2, 0) is 0 Å². The first-order chi connectivity index (χ1) is 15.2. The van der Waals surface area contributed by atoms with Gasteiger partial charge in [0.2, 0.25) is 0 Å². The molecule has 0 saturated carbocycles. The lowest BCUT2D eigenvalue weighted by Gasteiger charge is -2.36. The third-order valence-corrected chi connectivity index (χ3v) is 6.15. The quantitative estimate of drug-likeness (QED) is 0.434. The van der Waals surface area contributed by atoms with Crippen LogP contribution >= 0.6 is 11.6 Å². The van der Waals surface area contributed by atoms with Gasteiger partial charge in [0.25, 0.3) is 11.6 Å². The molecule has 1 fully saturated rings. The monoisotopic (exact) mass is 453 g/mol. The van der Waals surface area contributed by atoms with Gasteiger partial charge in [-0.15, -0.1) is 0 Å². The second-order valence-corrected chi connectivity index (χ2v) is 8.42. The molecule has 8 nitrogen and oxygen atoms in total. The number of piperazine rings is 1. The minimum Gasteiger partial charge on any atom is -0.368 e. The van der Waals surface area contributed by atoms with E-state index in [4.69, 9.17) is 11.6 Å². The van der Waals surface area contributed by atoms with Gasteiger partial charge >= 0.3 is 0 Å². The zero-order valence-electron chi connectivity index (χ0n) is 18.2. The van der Waals surface area contributed by atoms with Crippen molar-refractivity contribution in [2.45, 2.75) is 20.8 Å². The van der Waals surface area contributed by atoms with Crippen LogP contribution in [-0.4, -0.2) is 51.7 Å². The molecule has 3 aromatic rings. The Labute approximate surface area is 191 Å². The maximum absolute atomic E-state index is 12.9. The van der Waals surface area contributed by atoms with Crippen LogP contribution in [0.4, 0.5) is 11.4 Å². The molecule has 4 rings (SSSR count). The number of nitrogens with zero attached hydrogens (tertiary/aromatic N) is 5. The van der Waals surface area contributed by atoms with E-state index in [1.165, 1.54) is 6.07 Å². The Bertz CT molecular complexity index is 1200. The molecule has 0 N–H and O–H groups in total. The molecule has 2 aromatic carbocycles. The van der Waals surface area contributed by atoms with Crippen LogP contribution in [0.5, 0.6) is 0 Å². The summed E-state index contributed by atoms with van der Waals surface area (Å²) in [6.45, 7) is 7.99. The van der Waals surface area contributed by atoms with E-state index in [2.05, 4.69) is 10.00 Å². The lowest BCUT2D eigenvalue weighted by atomic mass is 10.1. The number of rotatable bonds is 4. The van der Waals surface area contributed by atoms with Crippen LogP contribution in [0.2, 0.25) is 5.02 Å². The van der Waals surface area contributed by atoms with Gasteiger partial charge in [0.1, 0.15) is 5.69 Å². The Morgan fingerprint density at radius 2 is 1.75 bits per heavy atom. The van der Waals surface area contributed by atoms with Crippen molar-refractivity contribution in [2.75, 3.05) is 31.1 Å². The molecule has 0 atom stereocenters. The number of carbonyl (C=O) groups is 1. The number of nitro groups is 1. The maximum atomic E-state index is 12.9. The van der Waals surface area contributed by atoms with Gasteiger partial charge in [-0.1, -0.05) is 17.7 Å². The topological polar surface area (TPSA) is 84.5 Å². The van der Waals surface area contributed by atoms with E-state index in [-0.39, 0.29) is 11.6 Å². The number of halogens is 1. The van der Waals surface area contributed by atoms with Crippen LogP contribution in [0.3, 0.4) is 0 Å². The summed E-state index contributed by atoms with van der Waals surface area (Å²) in [5, 5.41) is 16.6. The fraction of sp³-hybridized carbons (Fsp3) is 0.304. The first-order valence-corrected chi connectivity index (χ1v) is 10.7. The summed E-state index contributed by atoms with van der Waals surface area (Å²) >= 11 is 6.18. The van der Waals surface area contributed by atoms with Gasteiger partial charge in [0.15, 0.2) is 0 Å². The predicted molar refractivity (Wildman–Crippen MR) is 124 cm³/mol. The molecule has 1 aliphatic heterocycles. The Balaban J connectivity index is 1.54. The van der Waals surface area contributed by atoms with Gasteiger partial charge in [-0.05, 0) is 56.7 Å². The van der Waals surface area contributed by atoms with E-state index in [0.29, 0.717) is 42.5 Å². The number of benzene rings is 2. The molecule has 32 heavy (non-hydrogen) atoms. The van der Waals surface area contributed by atoms with Crippen molar-refractivity contribution in [2.24, 2.45) is 0 Å². The zero-order valence-corrected chi connectivity index (χ0v) is 19.0. The van der Waals surface area contributed by atoms with Crippen LogP contribution in [0.1, 0.15) is 27.3 Å². The van der Waals surface area contributed by atoms with Crippen molar-refractivity contribution >= 4 is 28.9 Å². The number of anilines is 1. The zero-order chi connectivity index (χ0) is 23.0. The highest BCUT2D eigenvalue weighted by atomic mass is 35.5. The van der Waals surface area contributed by atoms with E-state index >= 15 is 0 Å². The standard InChI is InChI=1S/C23H24ClN5O3/c1-15-4-5-18(13-20(15)24)23(30)27-10-8-26(9-11-27)19-6-7-21(29(31)32)22(14-19)28-17(3)12-16(2)25-28/h4-7,12-14H,8-11H2,1-3H3. The van der Waals surface area contributed by atoms with Gasteiger partial charge in [0, 0.05) is 54.2 Å². The molecule has 9 heteroatoms. The van der Waals surface area contributed by atoms with Gasteiger partial charge in [-0.25, -0.2) is 4.68 Å². The molecule has 0 spiro atoms. The van der Waals surface area contributed by atoms with E-state index < -0.39 is 4.92 Å². The second kappa shape index (κ2) is 8.63. The Hall–Kier alpha value is -3.39. The number of nitro benzene ring substituents is 1. The van der Waals surface area contributed by atoms with Crippen LogP contribution in [0.15, 0.2) is 42.5 Å². The molecule has 1 aromatic heterocycles. The van der Waals surface area contributed by atoms with Gasteiger partial charge in [0.05, 0.1) is 10.6 Å². The molecule has 0 radical (unpaired) electrons. The summed E-state index contributed by atoms with van der Waals surface area (Å²) in [6, 6.07) is 12.3. The average molecular weight is 454 g/mol. The van der Waals surface area contributed by atoms with E-state index in [1.54, 1.807) is 28.9 Å².